The molecule has 3 rings (SSSR count). The highest BCUT2D eigenvalue weighted by molar-refractivity contribution is 7.87. The van der Waals surface area contributed by atoms with Crippen molar-refractivity contribution in [3.05, 3.63) is 91.4 Å². The minimum absolute atomic E-state index is 0.0918. The van der Waals surface area contributed by atoms with Gasteiger partial charge < -0.3 is 10.2 Å². The van der Waals surface area contributed by atoms with Crippen molar-refractivity contribution < 1.29 is 23.2 Å². The predicted molar refractivity (Wildman–Crippen MR) is 114 cm³/mol. The molecule has 0 heterocycles. The van der Waals surface area contributed by atoms with E-state index in [0.717, 1.165) is 18.2 Å². The molecule has 152 valence electrons. The molecule has 0 amide bonds. The Labute approximate surface area is 186 Å². The third-order valence-electron chi connectivity index (χ3n) is 4.36. The summed E-state index contributed by atoms with van der Waals surface area (Å²) in [7, 11) is -5.16. The summed E-state index contributed by atoms with van der Waals surface area (Å²) in [6, 6.07) is 11.1. The van der Waals surface area contributed by atoms with Crippen molar-refractivity contribution in [1.29, 1.82) is 0 Å². The van der Waals surface area contributed by atoms with Gasteiger partial charge in [-0.25, -0.2) is 0 Å². The van der Waals surface area contributed by atoms with Crippen LogP contribution in [0.15, 0.2) is 54.6 Å². The van der Waals surface area contributed by atoms with Crippen LogP contribution >= 0.6 is 46.4 Å². The number of phenols is 2. The number of hydrogen-bond donors (Lipinski definition) is 3. The van der Waals surface area contributed by atoms with E-state index in [1.807, 2.05) is 0 Å². The largest absolute Gasteiger partial charge is 0.508 e. The Hall–Kier alpha value is -1.67. The third-order valence-corrected chi connectivity index (χ3v) is 6.92. The second-order valence-corrected chi connectivity index (χ2v) is 9.36. The molecule has 10 heteroatoms. The Morgan fingerprint density at radius 2 is 1.17 bits per heavy atom. The highest BCUT2D eigenvalue weighted by atomic mass is 35.5. The van der Waals surface area contributed by atoms with Crippen molar-refractivity contribution in [3.63, 3.8) is 0 Å². The molecule has 0 aliphatic rings. The van der Waals surface area contributed by atoms with Gasteiger partial charge in [0.15, 0.2) is 4.75 Å². The lowest BCUT2D eigenvalue weighted by Crippen LogP contribution is -2.39. The van der Waals surface area contributed by atoms with Gasteiger partial charge in [0.2, 0.25) is 0 Å². The quantitative estimate of drug-likeness (QED) is 0.239. The van der Waals surface area contributed by atoms with Gasteiger partial charge in [-0.3, -0.25) is 4.55 Å². The van der Waals surface area contributed by atoms with Gasteiger partial charge in [-0.2, -0.15) is 8.42 Å². The lowest BCUT2D eigenvalue weighted by molar-refractivity contribution is 0.434. The lowest BCUT2D eigenvalue weighted by atomic mass is 9.83. The molecule has 0 unspecified atom stereocenters. The number of hydrogen-bond acceptors (Lipinski definition) is 4. The molecular formula is C19H12Cl4O5S. The fourth-order valence-electron chi connectivity index (χ4n) is 3.19. The van der Waals surface area contributed by atoms with Gasteiger partial charge in [-0.05, 0) is 54.6 Å². The van der Waals surface area contributed by atoms with E-state index < -0.39 is 26.2 Å². The molecule has 0 saturated heterocycles. The minimum Gasteiger partial charge on any atom is -0.508 e. The highest BCUT2D eigenvalue weighted by Crippen LogP contribution is 2.52. The van der Waals surface area contributed by atoms with Crippen LogP contribution in [0.2, 0.25) is 20.1 Å². The Bertz CT molecular complexity index is 1090. The fraction of sp³-hybridized carbons (Fsp3) is 0.0526. The molecular weight excluding hydrogens is 482 g/mol. The monoisotopic (exact) mass is 492 g/mol. The summed E-state index contributed by atoms with van der Waals surface area (Å²) < 4.78 is 34.0. The Balaban J connectivity index is 2.67. The lowest BCUT2D eigenvalue weighted by Gasteiger charge is -2.34. The third kappa shape index (κ3) is 3.77. The molecule has 0 bridgehead atoms. The van der Waals surface area contributed by atoms with Crippen molar-refractivity contribution in [1.82, 2.24) is 0 Å². The van der Waals surface area contributed by atoms with E-state index in [0.29, 0.717) is 0 Å². The fourth-order valence-corrected chi connectivity index (χ4v) is 5.50. The first kappa shape index (κ1) is 22.0. The smallest absolute Gasteiger partial charge is 0.283 e. The molecule has 3 aromatic carbocycles. The number of phenolic OH excluding ortho intramolecular Hbond substituents is 2. The Kier molecular flexibility index (Phi) is 5.98. The van der Waals surface area contributed by atoms with Gasteiger partial charge in [-0.15, -0.1) is 0 Å². The average molecular weight is 494 g/mol. The second kappa shape index (κ2) is 7.87. The molecule has 0 radical (unpaired) electrons. The first-order chi connectivity index (χ1) is 13.5. The summed E-state index contributed by atoms with van der Waals surface area (Å²) in [5.41, 5.74) is -0.785. The molecule has 0 aliphatic carbocycles. The van der Waals surface area contributed by atoms with Crippen molar-refractivity contribution in [2.45, 2.75) is 4.75 Å². The van der Waals surface area contributed by atoms with Crippen molar-refractivity contribution >= 4 is 56.5 Å². The van der Waals surface area contributed by atoms with Crippen molar-refractivity contribution in [2.75, 3.05) is 0 Å². The molecule has 0 aromatic heterocycles. The van der Waals surface area contributed by atoms with E-state index in [1.165, 1.54) is 36.4 Å². The van der Waals surface area contributed by atoms with Gasteiger partial charge in [-0.1, -0.05) is 46.4 Å². The van der Waals surface area contributed by atoms with Crippen LogP contribution in [0.5, 0.6) is 11.5 Å². The summed E-state index contributed by atoms with van der Waals surface area (Å²) in [6.45, 7) is 0. The van der Waals surface area contributed by atoms with E-state index in [-0.39, 0.29) is 37.0 Å². The zero-order chi connectivity index (χ0) is 21.6. The summed E-state index contributed by atoms with van der Waals surface area (Å²) in [4.78, 5) is 0. The summed E-state index contributed by atoms with van der Waals surface area (Å²) >= 11 is 24.8. The molecule has 0 spiro atoms. The number of rotatable bonds is 4. The van der Waals surface area contributed by atoms with E-state index in [2.05, 4.69) is 0 Å². The maximum absolute atomic E-state index is 13.0. The molecule has 0 saturated carbocycles. The van der Waals surface area contributed by atoms with Crippen LogP contribution in [0.3, 0.4) is 0 Å². The van der Waals surface area contributed by atoms with Crippen molar-refractivity contribution in [2.24, 2.45) is 0 Å². The van der Waals surface area contributed by atoms with E-state index in [9.17, 15) is 23.2 Å². The molecule has 29 heavy (non-hydrogen) atoms. The van der Waals surface area contributed by atoms with Crippen LogP contribution in [0.4, 0.5) is 0 Å². The second-order valence-electron chi connectivity index (χ2n) is 6.11. The molecule has 0 atom stereocenters. The Morgan fingerprint density at radius 1 is 0.690 bits per heavy atom. The van der Waals surface area contributed by atoms with Gasteiger partial charge in [0, 0.05) is 36.8 Å². The SMILES string of the molecule is O=S(=O)(O)C(c1cc(O)ccc1O)(c1cc(Cl)ccc1Cl)c1cc(Cl)ccc1Cl. The average Bonchev–Trinajstić information content (AvgIpc) is 2.63. The standard InChI is InChI=1S/C19H12Cl4O5S/c20-10-1-4-16(22)13(7-10)19(29(26,27)28,14-8-11(21)2-5-17(14)23)15-9-12(24)3-6-18(15)25/h1-9,24-25H,(H,26,27,28). The molecule has 3 N–H and O–H groups in total. The van der Waals surface area contributed by atoms with Crippen LogP contribution in [0.1, 0.15) is 16.7 Å². The summed E-state index contributed by atoms with van der Waals surface area (Å²) in [6.07, 6.45) is 0. The zero-order valence-corrected chi connectivity index (χ0v) is 18.1. The van der Waals surface area contributed by atoms with E-state index in [4.69, 9.17) is 46.4 Å². The van der Waals surface area contributed by atoms with Crippen LogP contribution in [0.25, 0.3) is 0 Å². The van der Waals surface area contributed by atoms with Gasteiger partial charge >= 0.3 is 0 Å². The van der Waals surface area contributed by atoms with Crippen molar-refractivity contribution in [3.8, 4) is 11.5 Å². The van der Waals surface area contributed by atoms with Gasteiger partial charge in [0.1, 0.15) is 11.5 Å². The van der Waals surface area contributed by atoms with Gasteiger partial charge in [0.25, 0.3) is 10.1 Å². The number of benzene rings is 3. The summed E-state index contributed by atoms with van der Waals surface area (Å²) in [5.74, 6) is -0.922. The zero-order valence-electron chi connectivity index (χ0n) is 14.3. The first-order valence-corrected chi connectivity index (χ1v) is 10.8. The first-order valence-electron chi connectivity index (χ1n) is 7.89. The molecule has 5 nitrogen and oxygen atoms in total. The van der Waals surface area contributed by atoms with Crippen LogP contribution in [0, 0.1) is 0 Å². The number of halogens is 4. The predicted octanol–water partition coefficient (Wildman–Crippen LogP) is 5.89. The molecule has 0 aliphatic heterocycles. The van der Waals surface area contributed by atoms with Crippen LogP contribution < -0.4 is 0 Å². The van der Waals surface area contributed by atoms with Crippen LogP contribution in [-0.4, -0.2) is 23.2 Å². The van der Waals surface area contributed by atoms with E-state index in [1.54, 1.807) is 0 Å². The molecule has 3 aromatic rings. The number of aromatic hydroxyl groups is 2. The maximum Gasteiger partial charge on any atom is 0.283 e. The Morgan fingerprint density at radius 3 is 1.62 bits per heavy atom. The topological polar surface area (TPSA) is 94.8 Å². The van der Waals surface area contributed by atoms with Gasteiger partial charge in [0.05, 0.1) is 0 Å². The van der Waals surface area contributed by atoms with Crippen LogP contribution in [-0.2, 0) is 14.9 Å². The maximum atomic E-state index is 13.0. The minimum atomic E-state index is -5.16. The highest BCUT2D eigenvalue weighted by Gasteiger charge is 2.52. The summed E-state index contributed by atoms with van der Waals surface area (Å²) in [5, 5.41) is 20.6. The normalized spacial score (nSPS) is 12.2. The van der Waals surface area contributed by atoms with E-state index >= 15 is 0 Å². The molecule has 0 fully saturated rings.